The van der Waals surface area contributed by atoms with Crippen molar-refractivity contribution in [2.45, 2.75) is 6.92 Å². The van der Waals surface area contributed by atoms with Crippen LogP contribution < -0.4 is 9.64 Å². The van der Waals surface area contributed by atoms with Gasteiger partial charge in [0.1, 0.15) is 5.75 Å². The van der Waals surface area contributed by atoms with Crippen molar-refractivity contribution in [2.75, 3.05) is 38.2 Å². The van der Waals surface area contributed by atoms with Crippen LogP contribution in [0.25, 0.3) is 0 Å². The number of hydrogen-bond donors (Lipinski definition) is 0. The van der Waals surface area contributed by atoms with Crippen LogP contribution in [0.5, 0.6) is 5.75 Å². The second kappa shape index (κ2) is 7.43. The lowest BCUT2D eigenvalue weighted by Gasteiger charge is -2.37. The zero-order chi connectivity index (χ0) is 18.7. The van der Waals surface area contributed by atoms with E-state index in [0.29, 0.717) is 31.9 Å². The molecule has 0 aliphatic carbocycles. The topological polar surface area (TPSA) is 75.9 Å². The fourth-order valence-corrected chi connectivity index (χ4v) is 3.22. The summed E-state index contributed by atoms with van der Waals surface area (Å²) in [6, 6.07) is 12.3. The number of carbonyl (C=O) groups is 1. The Morgan fingerprint density at radius 1 is 1.12 bits per heavy atom. The molecule has 136 valence electrons. The molecule has 26 heavy (non-hydrogen) atoms. The number of ether oxygens (including phenoxy) is 1. The van der Waals surface area contributed by atoms with E-state index in [2.05, 4.69) is 24.0 Å². The Morgan fingerprint density at radius 2 is 1.81 bits per heavy atom. The number of rotatable bonds is 4. The molecule has 0 aromatic heterocycles. The smallest absolute Gasteiger partial charge is 0.270 e. The van der Waals surface area contributed by atoms with Crippen molar-refractivity contribution < 1.29 is 14.5 Å². The Hall–Kier alpha value is -3.09. The minimum absolute atomic E-state index is 0.118. The molecule has 1 fully saturated rings. The summed E-state index contributed by atoms with van der Waals surface area (Å²) in [5.41, 5.74) is 2.49. The number of para-hydroxylation sites is 1. The molecule has 0 spiro atoms. The number of aryl methyl sites for hydroxylation is 1. The number of methoxy groups -OCH3 is 1. The first-order valence-electron chi connectivity index (χ1n) is 8.43. The number of non-ortho nitro benzene ring substituents is 1. The van der Waals surface area contributed by atoms with Gasteiger partial charge in [-0.3, -0.25) is 14.9 Å². The first-order chi connectivity index (χ1) is 12.5. The second-order valence-corrected chi connectivity index (χ2v) is 6.21. The van der Waals surface area contributed by atoms with Gasteiger partial charge < -0.3 is 14.5 Å². The van der Waals surface area contributed by atoms with E-state index >= 15 is 0 Å². The van der Waals surface area contributed by atoms with Gasteiger partial charge in [0.05, 0.1) is 17.6 Å². The lowest BCUT2D eigenvalue weighted by molar-refractivity contribution is -0.384. The molecule has 0 saturated carbocycles. The SMILES string of the molecule is COc1ccc([N+](=O)[O-])cc1C(=O)N1CCN(c2ccccc2C)CC1. The van der Waals surface area contributed by atoms with Crippen LogP contribution in [0.15, 0.2) is 42.5 Å². The van der Waals surface area contributed by atoms with E-state index < -0.39 is 4.92 Å². The van der Waals surface area contributed by atoms with Gasteiger partial charge in [0.15, 0.2) is 0 Å². The summed E-state index contributed by atoms with van der Waals surface area (Å²) in [7, 11) is 1.45. The van der Waals surface area contributed by atoms with Gasteiger partial charge in [0.25, 0.3) is 11.6 Å². The number of nitro benzene ring substituents is 1. The average Bonchev–Trinajstić information content (AvgIpc) is 2.67. The average molecular weight is 355 g/mol. The molecular weight excluding hydrogens is 334 g/mol. The number of anilines is 1. The van der Waals surface area contributed by atoms with Crippen molar-refractivity contribution in [3.05, 3.63) is 63.7 Å². The highest BCUT2D eigenvalue weighted by Gasteiger charge is 2.26. The van der Waals surface area contributed by atoms with E-state index in [0.717, 1.165) is 0 Å². The summed E-state index contributed by atoms with van der Waals surface area (Å²) in [5.74, 6) is 0.108. The molecule has 3 rings (SSSR count). The number of piperazine rings is 1. The number of hydrogen-bond acceptors (Lipinski definition) is 5. The summed E-state index contributed by atoms with van der Waals surface area (Å²) in [6.45, 7) is 4.61. The first-order valence-corrected chi connectivity index (χ1v) is 8.43. The number of nitrogens with zero attached hydrogens (tertiary/aromatic N) is 3. The van der Waals surface area contributed by atoms with Crippen LogP contribution >= 0.6 is 0 Å². The van der Waals surface area contributed by atoms with Gasteiger partial charge in [-0.2, -0.15) is 0 Å². The molecule has 1 aliphatic heterocycles. The summed E-state index contributed by atoms with van der Waals surface area (Å²) < 4.78 is 5.22. The van der Waals surface area contributed by atoms with Crippen molar-refractivity contribution in [1.29, 1.82) is 0 Å². The molecule has 0 N–H and O–H groups in total. The predicted molar refractivity (Wildman–Crippen MR) is 98.9 cm³/mol. The Balaban J connectivity index is 1.75. The highest BCUT2D eigenvalue weighted by molar-refractivity contribution is 5.97. The monoisotopic (exact) mass is 355 g/mol. The molecule has 0 atom stereocenters. The largest absolute Gasteiger partial charge is 0.496 e. The van der Waals surface area contributed by atoms with E-state index in [9.17, 15) is 14.9 Å². The maximum Gasteiger partial charge on any atom is 0.270 e. The number of nitro groups is 1. The maximum absolute atomic E-state index is 12.9. The quantitative estimate of drug-likeness (QED) is 0.623. The molecule has 1 heterocycles. The van der Waals surface area contributed by atoms with Gasteiger partial charge in [0.2, 0.25) is 0 Å². The third-order valence-electron chi connectivity index (χ3n) is 4.65. The minimum Gasteiger partial charge on any atom is -0.496 e. The molecule has 7 nitrogen and oxygen atoms in total. The zero-order valence-electron chi connectivity index (χ0n) is 14.8. The molecule has 0 bridgehead atoms. The molecule has 0 radical (unpaired) electrons. The van der Waals surface area contributed by atoms with Crippen molar-refractivity contribution >= 4 is 17.3 Å². The van der Waals surface area contributed by atoms with Gasteiger partial charge in [0, 0.05) is 44.0 Å². The number of benzene rings is 2. The van der Waals surface area contributed by atoms with Crippen LogP contribution in [0.2, 0.25) is 0 Å². The summed E-state index contributed by atoms with van der Waals surface area (Å²) in [6.07, 6.45) is 0. The fourth-order valence-electron chi connectivity index (χ4n) is 3.22. The standard InChI is InChI=1S/C19H21N3O4/c1-14-5-3-4-6-17(14)20-9-11-21(12-10-20)19(23)16-13-15(22(24)25)7-8-18(16)26-2/h3-8,13H,9-12H2,1-2H3. The van der Waals surface area contributed by atoms with Crippen LogP contribution in [0, 0.1) is 17.0 Å². The molecule has 0 unspecified atom stereocenters. The van der Waals surface area contributed by atoms with Crippen LogP contribution in [0.4, 0.5) is 11.4 Å². The maximum atomic E-state index is 12.9. The van der Waals surface area contributed by atoms with Gasteiger partial charge in [-0.15, -0.1) is 0 Å². The number of carbonyl (C=O) groups excluding carboxylic acids is 1. The van der Waals surface area contributed by atoms with E-state index in [-0.39, 0.29) is 17.2 Å². The van der Waals surface area contributed by atoms with Crippen LogP contribution in [-0.4, -0.2) is 49.0 Å². The van der Waals surface area contributed by atoms with E-state index in [4.69, 9.17) is 4.74 Å². The van der Waals surface area contributed by atoms with Gasteiger partial charge in [-0.1, -0.05) is 18.2 Å². The zero-order valence-corrected chi connectivity index (χ0v) is 14.8. The third-order valence-corrected chi connectivity index (χ3v) is 4.65. The Bertz CT molecular complexity index is 829. The lowest BCUT2D eigenvalue weighted by Crippen LogP contribution is -2.49. The molecule has 1 saturated heterocycles. The van der Waals surface area contributed by atoms with E-state index in [1.54, 1.807) is 4.90 Å². The van der Waals surface area contributed by atoms with Crippen LogP contribution in [0.1, 0.15) is 15.9 Å². The molecule has 1 amide bonds. The van der Waals surface area contributed by atoms with Crippen molar-refractivity contribution in [1.82, 2.24) is 4.90 Å². The van der Waals surface area contributed by atoms with Gasteiger partial charge in [-0.25, -0.2) is 0 Å². The van der Waals surface area contributed by atoms with Crippen LogP contribution in [0.3, 0.4) is 0 Å². The second-order valence-electron chi connectivity index (χ2n) is 6.21. The fraction of sp³-hybridized carbons (Fsp3) is 0.316. The van der Waals surface area contributed by atoms with Crippen LogP contribution in [-0.2, 0) is 0 Å². The van der Waals surface area contributed by atoms with Gasteiger partial charge in [-0.05, 0) is 24.6 Å². The number of amides is 1. The molecule has 7 heteroatoms. The van der Waals surface area contributed by atoms with Gasteiger partial charge >= 0.3 is 0 Å². The normalized spacial score (nSPS) is 14.2. The Labute approximate surface area is 151 Å². The van der Waals surface area contributed by atoms with Crippen molar-refractivity contribution in [3.63, 3.8) is 0 Å². The third kappa shape index (κ3) is 3.46. The lowest BCUT2D eigenvalue weighted by atomic mass is 10.1. The highest BCUT2D eigenvalue weighted by atomic mass is 16.6. The highest BCUT2D eigenvalue weighted by Crippen LogP contribution is 2.27. The Kier molecular flexibility index (Phi) is 5.06. The molecule has 1 aliphatic rings. The van der Waals surface area contributed by atoms with E-state index in [1.807, 2.05) is 12.1 Å². The first kappa shape index (κ1) is 17.7. The Morgan fingerprint density at radius 3 is 2.42 bits per heavy atom. The van der Waals surface area contributed by atoms with E-state index in [1.165, 1.54) is 36.6 Å². The molecule has 2 aromatic carbocycles. The summed E-state index contributed by atoms with van der Waals surface area (Å²) in [4.78, 5) is 27.4. The molecule has 2 aromatic rings. The van der Waals surface area contributed by atoms with Crippen molar-refractivity contribution in [2.24, 2.45) is 0 Å². The summed E-state index contributed by atoms with van der Waals surface area (Å²) in [5, 5.41) is 11.0. The summed E-state index contributed by atoms with van der Waals surface area (Å²) >= 11 is 0. The molecular formula is C19H21N3O4. The minimum atomic E-state index is -0.508. The predicted octanol–water partition coefficient (Wildman–Crippen LogP) is 2.87. The van der Waals surface area contributed by atoms with Crippen molar-refractivity contribution in [3.8, 4) is 5.75 Å².